The first kappa shape index (κ1) is 22.7. The van der Waals surface area contributed by atoms with Gasteiger partial charge in [-0.05, 0) is 36.9 Å². The maximum absolute atomic E-state index is 4.65. The molecule has 1 saturated heterocycles. The second-order valence-corrected chi connectivity index (χ2v) is 8.24. The summed E-state index contributed by atoms with van der Waals surface area (Å²) in [4.78, 5) is 30.5. The molecule has 0 saturated carbocycles. The van der Waals surface area contributed by atoms with Crippen molar-refractivity contribution >= 4 is 39.5 Å². The molecule has 0 aliphatic carbocycles. The fraction of sp³-hybridized carbons (Fsp3) is 0.269. The second-order valence-electron chi connectivity index (χ2n) is 8.24. The van der Waals surface area contributed by atoms with Crippen molar-refractivity contribution in [2.75, 3.05) is 43.4 Å². The van der Waals surface area contributed by atoms with Crippen LogP contribution in [0.15, 0.2) is 61.3 Å². The highest BCUT2D eigenvalue weighted by molar-refractivity contribution is 5.95. The van der Waals surface area contributed by atoms with E-state index in [1.54, 1.807) is 12.4 Å². The van der Waals surface area contributed by atoms with E-state index in [9.17, 15) is 0 Å². The lowest BCUT2D eigenvalue weighted by Gasteiger charge is -2.33. The predicted octanol–water partition coefficient (Wildman–Crippen LogP) is 4.48. The molecule has 0 unspecified atom stereocenters. The van der Waals surface area contributed by atoms with Crippen LogP contribution in [0.1, 0.15) is 13.8 Å². The summed E-state index contributed by atoms with van der Waals surface area (Å²) in [6.07, 6.45) is 9.02. The van der Waals surface area contributed by atoms with Crippen LogP contribution in [-0.2, 0) is 0 Å². The summed E-state index contributed by atoms with van der Waals surface area (Å²) in [5.74, 6) is 1.52. The van der Waals surface area contributed by atoms with Gasteiger partial charge in [-0.1, -0.05) is 19.9 Å². The molecule has 0 spiro atoms. The Bertz CT molecular complexity index is 1420. The number of nitrogens with zero attached hydrogens (tertiary/aromatic N) is 7. The minimum Gasteiger partial charge on any atom is -0.354 e. The normalized spacial score (nSPS) is 14.1. The summed E-state index contributed by atoms with van der Waals surface area (Å²) in [6.45, 7) is 8.10. The largest absolute Gasteiger partial charge is 0.354 e. The number of piperazine rings is 1. The lowest BCUT2D eigenvalue weighted by atomic mass is 10.1. The molecule has 5 heterocycles. The number of rotatable bonds is 4. The van der Waals surface area contributed by atoms with E-state index in [-0.39, 0.29) is 0 Å². The number of aromatic nitrogens is 6. The number of nitrogens with one attached hydrogen (secondary N) is 2. The van der Waals surface area contributed by atoms with Crippen LogP contribution in [-0.4, -0.2) is 68.0 Å². The van der Waals surface area contributed by atoms with Gasteiger partial charge in [0, 0.05) is 61.9 Å². The van der Waals surface area contributed by atoms with Gasteiger partial charge in [-0.2, -0.15) is 4.98 Å². The van der Waals surface area contributed by atoms with Crippen LogP contribution in [0, 0.1) is 0 Å². The van der Waals surface area contributed by atoms with Gasteiger partial charge in [-0.15, -0.1) is 0 Å². The molecule has 1 aromatic carbocycles. The summed E-state index contributed by atoms with van der Waals surface area (Å²) in [7, 11) is 2.15. The zero-order chi connectivity index (χ0) is 24.2. The van der Waals surface area contributed by atoms with Gasteiger partial charge in [-0.25, -0.2) is 9.97 Å². The molecule has 0 atom stereocenters. The molecule has 6 rings (SSSR count). The lowest BCUT2D eigenvalue weighted by Crippen LogP contribution is -2.44. The minimum atomic E-state index is 0.523. The SMILES string of the molecule is CC.CN1CCN(c2ccc(Nc3ncc4c(-c5ccc6nccnc6c5)c[nH]c4n3)cn2)CC1. The van der Waals surface area contributed by atoms with E-state index in [1.165, 1.54) is 0 Å². The van der Waals surface area contributed by atoms with Gasteiger partial charge in [0.1, 0.15) is 11.5 Å². The van der Waals surface area contributed by atoms with E-state index in [0.717, 1.165) is 70.9 Å². The molecular formula is C26H29N9. The van der Waals surface area contributed by atoms with Crippen molar-refractivity contribution in [1.82, 2.24) is 34.8 Å². The fourth-order valence-corrected chi connectivity index (χ4v) is 4.15. The Morgan fingerprint density at radius 2 is 1.66 bits per heavy atom. The molecule has 2 N–H and O–H groups in total. The molecule has 0 amide bonds. The summed E-state index contributed by atoms with van der Waals surface area (Å²) in [5, 5.41) is 4.21. The third kappa shape index (κ3) is 4.76. The molecule has 9 heteroatoms. The van der Waals surface area contributed by atoms with E-state index in [2.05, 4.69) is 52.1 Å². The summed E-state index contributed by atoms with van der Waals surface area (Å²) >= 11 is 0. The molecule has 9 nitrogen and oxygen atoms in total. The first-order valence-electron chi connectivity index (χ1n) is 11.9. The summed E-state index contributed by atoms with van der Waals surface area (Å²) < 4.78 is 0. The smallest absolute Gasteiger partial charge is 0.229 e. The number of aromatic amines is 1. The third-order valence-electron chi connectivity index (χ3n) is 6.04. The lowest BCUT2D eigenvalue weighted by molar-refractivity contribution is 0.312. The Hall–Kier alpha value is -4.11. The second kappa shape index (κ2) is 10.0. The van der Waals surface area contributed by atoms with Crippen molar-refractivity contribution in [2.45, 2.75) is 13.8 Å². The van der Waals surface area contributed by atoms with Crippen molar-refractivity contribution in [3.8, 4) is 11.1 Å². The van der Waals surface area contributed by atoms with Crippen molar-refractivity contribution in [1.29, 1.82) is 0 Å². The van der Waals surface area contributed by atoms with E-state index >= 15 is 0 Å². The molecule has 1 aliphatic rings. The quantitative estimate of drug-likeness (QED) is 0.399. The topological polar surface area (TPSA) is 98.8 Å². The van der Waals surface area contributed by atoms with Crippen LogP contribution in [0.5, 0.6) is 0 Å². The van der Waals surface area contributed by atoms with Crippen LogP contribution in [0.3, 0.4) is 0 Å². The average molecular weight is 468 g/mol. The zero-order valence-electron chi connectivity index (χ0n) is 20.2. The molecule has 0 radical (unpaired) electrons. The van der Waals surface area contributed by atoms with Gasteiger partial charge in [0.15, 0.2) is 0 Å². The highest BCUT2D eigenvalue weighted by atomic mass is 15.3. The van der Waals surface area contributed by atoms with Gasteiger partial charge in [0.05, 0.1) is 22.9 Å². The zero-order valence-corrected chi connectivity index (χ0v) is 20.2. The van der Waals surface area contributed by atoms with Crippen LogP contribution in [0.4, 0.5) is 17.5 Å². The maximum atomic E-state index is 4.65. The molecular weight excluding hydrogens is 438 g/mol. The predicted molar refractivity (Wildman–Crippen MR) is 141 cm³/mol. The van der Waals surface area contributed by atoms with Crippen LogP contribution in [0.25, 0.3) is 33.2 Å². The Kier molecular flexibility index (Phi) is 6.49. The fourth-order valence-electron chi connectivity index (χ4n) is 4.15. The van der Waals surface area contributed by atoms with Gasteiger partial charge < -0.3 is 20.1 Å². The van der Waals surface area contributed by atoms with E-state index in [1.807, 2.05) is 62.8 Å². The number of fused-ring (bicyclic) bond motifs is 2. The van der Waals surface area contributed by atoms with Gasteiger partial charge in [0.2, 0.25) is 5.95 Å². The van der Waals surface area contributed by atoms with Crippen molar-refractivity contribution in [3.63, 3.8) is 0 Å². The third-order valence-corrected chi connectivity index (χ3v) is 6.04. The van der Waals surface area contributed by atoms with Gasteiger partial charge >= 0.3 is 0 Å². The summed E-state index contributed by atoms with van der Waals surface area (Å²) in [6, 6.07) is 10.1. The molecule has 178 valence electrons. The molecule has 1 aliphatic heterocycles. The first-order valence-corrected chi connectivity index (χ1v) is 11.9. The molecule has 35 heavy (non-hydrogen) atoms. The number of H-pyrrole nitrogens is 1. The standard InChI is InChI=1S/C24H23N9.C2H6/c1-32-8-10-33(11-9-32)22-5-3-17(13-27-22)30-24-29-15-19-18(14-28-23(19)31-24)16-2-4-20-21(12-16)26-7-6-25-20;1-2/h2-7,12-15H,8-11H2,1H3,(H2,28,29,30,31);1-2H3. The van der Waals surface area contributed by atoms with Crippen molar-refractivity contribution in [3.05, 3.63) is 61.3 Å². The Morgan fingerprint density at radius 1 is 0.857 bits per heavy atom. The maximum Gasteiger partial charge on any atom is 0.229 e. The van der Waals surface area contributed by atoms with E-state index < -0.39 is 0 Å². The van der Waals surface area contributed by atoms with Gasteiger partial charge in [-0.3, -0.25) is 9.97 Å². The number of anilines is 3. The van der Waals surface area contributed by atoms with Gasteiger partial charge in [0.25, 0.3) is 0 Å². The van der Waals surface area contributed by atoms with Crippen LogP contribution >= 0.6 is 0 Å². The Morgan fingerprint density at radius 3 is 2.43 bits per heavy atom. The monoisotopic (exact) mass is 467 g/mol. The van der Waals surface area contributed by atoms with E-state index in [4.69, 9.17) is 0 Å². The van der Waals surface area contributed by atoms with Crippen LogP contribution < -0.4 is 10.2 Å². The minimum absolute atomic E-state index is 0.523. The average Bonchev–Trinajstić information content (AvgIpc) is 3.34. The molecule has 0 bridgehead atoms. The van der Waals surface area contributed by atoms with Crippen molar-refractivity contribution < 1.29 is 0 Å². The number of pyridine rings is 1. The van der Waals surface area contributed by atoms with Crippen LogP contribution in [0.2, 0.25) is 0 Å². The molecule has 5 aromatic rings. The molecule has 4 aromatic heterocycles. The number of hydrogen-bond donors (Lipinski definition) is 2. The number of benzene rings is 1. The van der Waals surface area contributed by atoms with E-state index in [0.29, 0.717) is 5.95 Å². The number of hydrogen-bond acceptors (Lipinski definition) is 8. The highest BCUT2D eigenvalue weighted by Gasteiger charge is 2.15. The Balaban J connectivity index is 0.00000124. The number of likely N-dealkylation sites (N-methyl/N-ethyl adjacent to an activating group) is 1. The van der Waals surface area contributed by atoms with Crippen molar-refractivity contribution in [2.24, 2.45) is 0 Å². The molecule has 1 fully saturated rings. The summed E-state index contributed by atoms with van der Waals surface area (Å²) in [5.41, 5.74) is 5.42. The Labute approximate surface area is 204 Å². The highest BCUT2D eigenvalue weighted by Crippen LogP contribution is 2.29. The first-order chi connectivity index (χ1) is 17.2.